The Morgan fingerprint density at radius 2 is 2.13 bits per heavy atom. The van der Waals surface area contributed by atoms with Crippen molar-refractivity contribution in [2.75, 3.05) is 39.5 Å². The Labute approximate surface area is 132 Å². The first-order valence-corrected chi connectivity index (χ1v) is 7.51. The number of hydrogen-bond acceptors (Lipinski definition) is 5. The minimum atomic E-state index is -2.66. The fourth-order valence-electron chi connectivity index (χ4n) is 2.57. The average Bonchev–Trinajstić information content (AvgIpc) is 2.99. The summed E-state index contributed by atoms with van der Waals surface area (Å²) in [7, 11) is 0. The molecule has 6 nitrogen and oxygen atoms in total. The van der Waals surface area contributed by atoms with Crippen molar-refractivity contribution in [2.45, 2.75) is 12.5 Å². The van der Waals surface area contributed by atoms with Gasteiger partial charge in [0.2, 0.25) is 0 Å². The summed E-state index contributed by atoms with van der Waals surface area (Å²) in [5.74, 6) is -0.00315. The second-order valence-corrected chi connectivity index (χ2v) is 5.45. The molecule has 2 N–H and O–H groups in total. The van der Waals surface area contributed by atoms with Crippen LogP contribution in [-0.2, 0) is 4.74 Å². The van der Waals surface area contributed by atoms with Crippen molar-refractivity contribution < 1.29 is 23.4 Å². The summed E-state index contributed by atoms with van der Waals surface area (Å²) in [6, 6.07) is 5.00. The first kappa shape index (κ1) is 16.1. The maximum absolute atomic E-state index is 12.7. The van der Waals surface area contributed by atoms with Crippen molar-refractivity contribution >= 4 is 11.0 Å². The van der Waals surface area contributed by atoms with E-state index in [4.69, 9.17) is 9.47 Å². The zero-order valence-corrected chi connectivity index (χ0v) is 12.5. The number of morpholine rings is 1. The van der Waals surface area contributed by atoms with Gasteiger partial charge in [0.05, 0.1) is 18.7 Å². The number of aliphatic hydroxyl groups excluding tert-OH is 1. The Bertz CT molecular complexity index is 644. The number of hydrogen-bond donors (Lipinski definition) is 2. The van der Waals surface area contributed by atoms with Gasteiger partial charge in [-0.3, -0.25) is 4.90 Å². The van der Waals surface area contributed by atoms with E-state index in [1.54, 1.807) is 18.2 Å². The predicted octanol–water partition coefficient (Wildman–Crippen LogP) is 1.57. The standard InChI is InChI=1S/C15H19F2N3O3/c16-14(17)15-18-11-2-1-3-12(13(11)19-15)23-9-10(21)8-20-4-6-22-7-5-20/h1-3,10,14,21H,4-9H2,(H,18,19). The Balaban J connectivity index is 1.62. The van der Waals surface area contributed by atoms with Crippen LogP contribution in [0.25, 0.3) is 11.0 Å². The van der Waals surface area contributed by atoms with E-state index in [0.29, 0.717) is 36.5 Å². The highest BCUT2D eigenvalue weighted by molar-refractivity contribution is 5.81. The largest absolute Gasteiger partial charge is 0.488 e. The molecule has 126 valence electrons. The van der Waals surface area contributed by atoms with Crippen LogP contribution in [0.15, 0.2) is 18.2 Å². The van der Waals surface area contributed by atoms with Gasteiger partial charge in [-0.1, -0.05) is 6.07 Å². The lowest BCUT2D eigenvalue weighted by Crippen LogP contribution is -2.42. The van der Waals surface area contributed by atoms with Crippen LogP contribution in [0.4, 0.5) is 8.78 Å². The van der Waals surface area contributed by atoms with Gasteiger partial charge >= 0.3 is 0 Å². The van der Waals surface area contributed by atoms with E-state index in [1.807, 2.05) is 0 Å². The highest BCUT2D eigenvalue weighted by Crippen LogP contribution is 2.26. The van der Waals surface area contributed by atoms with E-state index in [1.165, 1.54) is 0 Å². The monoisotopic (exact) mass is 327 g/mol. The molecule has 23 heavy (non-hydrogen) atoms. The lowest BCUT2D eigenvalue weighted by Gasteiger charge is -2.28. The van der Waals surface area contributed by atoms with Crippen molar-refractivity contribution in [3.05, 3.63) is 24.0 Å². The number of aromatic amines is 1. The molecule has 3 rings (SSSR count). The molecule has 0 saturated carbocycles. The smallest absolute Gasteiger partial charge is 0.295 e. The molecule has 1 atom stereocenters. The van der Waals surface area contributed by atoms with Crippen molar-refractivity contribution in [2.24, 2.45) is 0 Å². The van der Waals surface area contributed by atoms with Crippen LogP contribution in [0.3, 0.4) is 0 Å². The van der Waals surface area contributed by atoms with Gasteiger partial charge in [0.15, 0.2) is 5.82 Å². The van der Waals surface area contributed by atoms with E-state index in [-0.39, 0.29) is 12.4 Å². The Morgan fingerprint density at radius 1 is 1.35 bits per heavy atom. The number of imidazole rings is 1. The molecule has 1 saturated heterocycles. The molecular formula is C15H19F2N3O3. The van der Waals surface area contributed by atoms with Crippen LogP contribution in [0.2, 0.25) is 0 Å². The summed E-state index contributed by atoms with van der Waals surface area (Å²) >= 11 is 0. The predicted molar refractivity (Wildman–Crippen MR) is 79.8 cm³/mol. The SMILES string of the molecule is OC(COc1cccc2[nH]c(C(F)F)nc12)CN1CCOCC1. The van der Waals surface area contributed by atoms with Gasteiger partial charge in [0.1, 0.15) is 24.0 Å². The van der Waals surface area contributed by atoms with E-state index < -0.39 is 12.5 Å². The summed E-state index contributed by atoms with van der Waals surface area (Å²) < 4.78 is 36.3. The molecule has 2 aromatic rings. The first-order chi connectivity index (χ1) is 11.1. The molecule has 2 heterocycles. The number of nitrogens with zero attached hydrogens (tertiary/aromatic N) is 2. The molecule has 1 fully saturated rings. The number of halogens is 2. The molecule has 0 spiro atoms. The third kappa shape index (κ3) is 3.95. The molecule has 1 aromatic carbocycles. The van der Waals surface area contributed by atoms with Crippen LogP contribution >= 0.6 is 0 Å². The van der Waals surface area contributed by atoms with Gasteiger partial charge in [-0.15, -0.1) is 0 Å². The van der Waals surface area contributed by atoms with E-state index in [0.717, 1.165) is 13.1 Å². The number of rotatable bonds is 6. The minimum Gasteiger partial charge on any atom is -0.488 e. The summed E-state index contributed by atoms with van der Waals surface area (Å²) in [5.41, 5.74) is 0.835. The molecular weight excluding hydrogens is 308 g/mol. The molecule has 1 aromatic heterocycles. The highest BCUT2D eigenvalue weighted by Gasteiger charge is 2.18. The molecule has 1 aliphatic heterocycles. The number of benzene rings is 1. The third-order valence-electron chi connectivity index (χ3n) is 3.70. The van der Waals surface area contributed by atoms with Crippen LogP contribution in [0.1, 0.15) is 12.2 Å². The first-order valence-electron chi connectivity index (χ1n) is 7.51. The lowest BCUT2D eigenvalue weighted by atomic mass is 10.3. The van der Waals surface area contributed by atoms with Gasteiger partial charge in [-0.05, 0) is 12.1 Å². The summed E-state index contributed by atoms with van der Waals surface area (Å²) in [5, 5.41) is 10.1. The van der Waals surface area contributed by atoms with Crippen molar-refractivity contribution in [1.29, 1.82) is 0 Å². The second kappa shape index (κ2) is 7.20. The molecule has 0 bridgehead atoms. The molecule has 0 amide bonds. The topological polar surface area (TPSA) is 70.6 Å². The van der Waals surface area contributed by atoms with Crippen LogP contribution in [0, 0.1) is 0 Å². The Morgan fingerprint density at radius 3 is 2.87 bits per heavy atom. The number of fused-ring (bicyclic) bond motifs is 1. The van der Waals surface area contributed by atoms with Gasteiger partial charge < -0.3 is 19.6 Å². The van der Waals surface area contributed by atoms with Crippen molar-refractivity contribution in [1.82, 2.24) is 14.9 Å². The van der Waals surface area contributed by atoms with Gasteiger partial charge in [0.25, 0.3) is 6.43 Å². The summed E-state index contributed by atoms with van der Waals surface area (Å²) in [6.45, 7) is 3.45. The molecule has 1 aliphatic rings. The van der Waals surface area contributed by atoms with E-state index in [2.05, 4.69) is 14.9 Å². The Hall–Kier alpha value is -1.77. The number of β-amino-alcohol motifs (C(OH)–C–C–N with tert-alkyl or cyclic N) is 1. The third-order valence-corrected chi connectivity index (χ3v) is 3.70. The summed E-state index contributed by atoms with van der Waals surface area (Å²) in [4.78, 5) is 8.53. The molecule has 8 heteroatoms. The number of alkyl halides is 2. The number of ether oxygens (including phenoxy) is 2. The molecule has 1 unspecified atom stereocenters. The molecule has 0 aliphatic carbocycles. The number of nitrogens with one attached hydrogen (secondary N) is 1. The number of para-hydroxylation sites is 1. The van der Waals surface area contributed by atoms with Crippen molar-refractivity contribution in [3.8, 4) is 5.75 Å². The normalized spacial score (nSPS) is 17.7. The Kier molecular flexibility index (Phi) is 5.04. The minimum absolute atomic E-state index is 0.0767. The van der Waals surface area contributed by atoms with Crippen LogP contribution in [0.5, 0.6) is 5.75 Å². The highest BCUT2D eigenvalue weighted by atomic mass is 19.3. The fraction of sp³-hybridized carbons (Fsp3) is 0.533. The quantitative estimate of drug-likeness (QED) is 0.843. The van der Waals surface area contributed by atoms with Crippen LogP contribution < -0.4 is 4.74 Å². The number of aliphatic hydroxyl groups is 1. The maximum atomic E-state index is 12.7. The number of H-pyrrole nitrogens is 1. The summed E-state index contributed by atoms with van der Waals surface area (Å²) in [6.07, 6.45) is -3.33. The van der Waals surface area contributed by atoms with E-state index in [9.17, 15) is 13.9 Å². The van der Waals surface area contributed by atoms with Crippen LogP contribution in [-0.4, -0.2) is 65.5 Å². The zero-order valence-electron chi connectivity index (χ0n) is 12.5. The van der Waals surface area contributed by atoms with Gasteiger partial charge in [0, 0.05) is 19.6 Å². The maximum Gasteiger partial charge on any atom is 0.295 e. The zero-order chi connectivity index (χ0) is 16.2. The van der Waals surface area contributed by atoms with E-state index >= 15 is 0 Å². The lowest BCUT2D eigenvalue weighted by molar-refractivity contribution is 0.00478. The van der Waals surface area contributed by atoms with Crippen molar-refractivity contribution in [3.63, 3.8) is 0 Å². The molecule has 0 radical (unpaired) electrons. The van der Waals surface area contributed by atoms with Gasteiger partial charge in [-0.2, -0.15) is 0 Å². The fourth-order valence-corrected chi connectivity index (χ4v) is 2.57. The van der Waals surface area contributed by atoms with Gasteiger partial charge in [-0.25, -0.2) is 13.8 Å². The average molecular weight is 327 g/mol. The number of aromatic nitrogens is 2. The second-order valence-electron chi connectivity index (χ2n) is 5.45.